The largest absolute Gasteiger partial charge is 0.240 e. The molecule has 2 rings (SSSR count). The van der Waals surface area contributed by atoms with E-state index < -0.39 is 10.0 Å². The van der Waals surface area contributed by atoms with Gasteiger partial charge in [-0.15, -0.1) is 0 Å². The smallest absolute Gasteiger partial charge is 0.208 e. The maximum absolute atomic E-state index is 12.2. The summed E-state index contributed by atoms with van der Waals surface area (Å²) < 4.78 is 27.1. The third-order valence-corrected chi connectivity index (χ3v) is 5.05. The number of halogens is 1. The second-order valence-electron chi connectivity index (χ2n) is 5.00. The molecule has 1 N–H and O–H groups in total. The summed E-state index contributed by atoms with van der Waals surface area (Å²) in [6, 6.07) is 16.1. The average molecular weight is 324 g/mol. The molecule has 0 bridgehead atoms. The highest BCUT2D eigenvalue weighted by Gasteiger charge is 2.16. The fraction of sp³-hybridized carbons (Fsp3) is 0.250. The van der Waals surface area contributed by atoms with E-state index in [1.54, 1.807) is 12.1 Å². The molecule has 0 amide bonds. The molecular formula is C16H18ClNO2S. The van der Waals surface area contributed by atoms with E-state index in [9.17, 15) is 8.42 Å². The molecule has 0 unspecified atom stereocenters. The summed E-state index contributed by atoms with van der Waals surface area (Å²) in [4.78, 5) is 0.235. The Morgan fingerprint density at radius 3 is 2.29 bits per heavy atom. The van der Waals surface area contributed by atoms with Crippen LogP contribution in [0.25, 0.3) is 0 Å². The summed E-state index contributed by atoms with van der Waals surface area (Å²) in [6.07, 6.45) is 1.59. The lowest BCUT2D eigenvalue weighted by Gasteiger charge is -2.14. The standard InChI is InChI=1S/C16H18ClNO2S/c1-13(7-8-14-5-3-2-4-6-14)18-21(19,20)16-11-9-15(17)10-12-16/h2-6,9-13,18H,7-8H2,1H3/t13-/m0/s1. The van der Waals surface area contributed by atoms with E-state index in [0.29, 0.717) is 5.02 Å². The van der Waals surface area contributed by atoms with Gasteiger partial charge in [0.25, 0.3) is 0 Å². The summed E-state index contributed by atoms with van der Waals surface area (Å²) in [5.74, 6) is 0. The quantitative estimate of drug-likeness (QED) is 0.882. The van der Waals surface area contributed by atoms with Crippen LogP contribution in [0.15, 0.2) is 59.5 Å². The molecule has 0 aliphatic rings. The van der Waals surface area contributed by atoms with Gasteiger partial charge in [-0.3, -0.25) is 0 Å². The molecule has 0 spiro atoms. The van der Waals surface area contributed by atoms with Gasteiger partial charge >= 0.3 is 0 Å². The maximum Gasteiger partial charge on any atom is 0.240 e. The lowest BCUT2D eigenvalue weighted by molar-refractivity contribution is 0.547. The molecule has 3 nitrogen and oxygen atoms in total. The summed E-state index contributed by atoms with van der Waals surface area (Å²) in [5.41, 5.74) is 1.20. The van der Waals surface area contributed by atoms with Gasteiger partial charge in [-0.1, -0.05) is 41.9 Å². The average Bonchev–Trinajstić information content (AvgIpc) is 2.46. The minimum Gasteiger partial charge on any atom is -0.208 e. The predicted octanol–water partition coefficient (Wildman–Crippen LogP) is 3.64. The van der Waals surface area contributed by atoms with Crippen LogP contribution in [0.3, 0.4) is 0 Å². The van der Waals surface area contributed by atoms with Crippen molar-refractivity contribution < 1.29 is 8.42 Å². The van der Waals surface area contributed by atoms with Crippen molar-refractivity contribution >= 4 is 21.6 Å². The van der Waals surface area contributed by atoms with E-state index >= 15 is 0 Å². The highest BCUT2D eigenvalue weighted by molar-refractivity contribution is 7.89. The second-order valence-corrected chi connectivity index (χ2v) is 7.15. The van der Waals surface area contributed by atoms with Gasteiger partial charge in [0, 0.05) is 11.1 Å². The Kier molecular flexibility index (Phi) is 5.39. The Bertz CT molecular complexity index is 669. The third kappa shape index (κ3) is 4.84. The number of nitrogens with one attached hydrogen (secondary N) is 1. The maximum atomic E-state index is 12.2. The molecule has 1 atom stereocenters. The first-order valence-corrected chi connectivity index (χ1v) is 8.65. The summed E-state index contributed by atoms with van der Waals surface area (Å²) >= 11 is 5.77. The number of benzene rings is 2. The lowest BCUT2D eigenvalue weighted by atomic mass is 10.1. The monoisotopic (exact) mass is 323 g/mol. The van der Waals surface area contributed by atoms with Gasteiger partial charge in [0.15, 0.2) is 0 Å². The van der Waals surface area contributed by atoms with Crippen LogP contribution in [-0.2, 0) is 16.4 Å². The Morgan fingerprint density at radius 1 is 1.05 bits per heavy atom. The molecule has 0 heterocycles. The number of aryl methyl sites for hydroxylation is 1. The molecule has 2 aromatic carbocycles. The van der Waals surface area contributed by atoms with Crippen LogP contribution in [0.4, 0.5) is 0 Å². The van der Waals surface area contributed by atoms with E-state index in [1.807, 2.05) is 37.3 Å². The first-order valence-electron chi connectivity index (χ1n) is 6.79. The van der Waals surface area contributed by atoms with Crippen molar-refractivity contribution in [2.24, 2.45) is 0 Å². The molecule has 0 saturated heterocycles. The zero-order valence-corrected chi connectivity index (χ0v) is 13.4. The SMILES string of the molecule is C[C@@H](CCc1ccccc1)NS(=O)(=O)c1ccc(Cl)cc1. The van der Waals surface area contributed by atoms with Crippen molar-refractivity contribution in [3.63, 3.8) is 0 Å². The first kappa shape index (κ1) is 16.0. The van der Waals surface area contributed by atoms with Crippen molar-refractivity contribution in [2.45, 2.75) is 30.7 Å². The van der Waals surface area contributed by atoms with E-state index in [0.717, 1.165) is 12.8 Å². The molecule has 0 aliphatic heterocycles. The van der Waals surface area contributed by atoms with Crippen molar-refractivity contribution in [2.75, 3.05) is 0 Å². The van der Waals surface area contributed by atoms with E-state index in [1.165, 1.54) is 17.7 Å². The molecule has 112 valence electrons. The normalized spacial score (nSPS) is 13.0. The van der Waals surface area contributed by atoms with Gasteiger partial charge in [-0.2, -0.15) is 0 Å². The minimum atomic E-state index is -3.49. The number of hydrogen-bond acceptors (Lipinski definition) is 2. The van der Waals surface area contributed by atoms with Gasteiger partial charge in [-0.05, 0) is 49.6 Å². The second kappa shape index (κ2) is 7.07. The van der Waals surface area contributed by atoms with Crippen LogP contribution in [0.1, 0.15) is 18.9 Å². The minimum absolute atomic E-state index is 0.133. The van der Waals surface area contributed by atoms with Crippen LogP contribution < -0.4 is 4.72 Å². The van der Waals surface area contributed by atoms with Gasteiger partial charge < -0.3 is 0 Å². The predicted molar refractivity (Wildman–Crippen MR) is 86.0 cm³/mol. The van der Waals surface area contributed by atoms with Crippen molar-refractivity contribution in [1.82, 2.24) is 4.72 Å². The van der Waals surface area contributed by atoms with Crippen LogP contribution in [-0.4, -0.2) is 14.5 Å². The first-order chi connectivity index (χ1) is 9.97. The van der Waals surface area contributed by atoms with Crippen molar-refractivity contribution in [3.8, 4) is 0 Å². The van der Waals surface area contributed by atoms with Crippen LogP contribution in [0.5, 0.6) is 0 Å². The zero-order chi connectivity index (χ0) is 15.3. The number of sulfonamides is 1. The molecular weight excluding hydrogens is 306 g/mol. The van der Waals surface area contributed by atoms with Crippen LogP contribution >= 0.6 is 11.6 Å². The van der Waals surface area contributed by atoms with Crippen LogP contribution in [0.2, 0.25) is 5.02 Å². The Morgan fingerprint density at radius 2 is 1.67 bits per heavy atom. The van der Waals surface area contributed by atoms with Gasteiger partial charge in [0.05, 0.1) is 4.90 Å². The van der Waals surface area contributed by atoms with E-state index in [2.05, 4.69) is 4.72 Å². The Labute approximate surface area is 131 Å². The molecule has 0 aromatic heterocycles. The third-order valence-electron chi connectivity index (χ3n) is 3.19. The summed E-state index contributed by atoms with van der Waals surface area (Å²) in [7, 11) is -3.49. The molecule has 0 radical (unpaired) electrons. The Hall–Kier alpha value is -1.36. The topological polar surface area (TPSA) is 46.2 Å². The lowest BCUT2D eigenvalue weighted by Crippen LogP contribution is -2.32. The van der Waals surface area contributed by atoms with E-state index in [4.69, 9.17) is 11.6 Å². The molecule has 0 saturated carbocycles. The van der Waals surface area contributed by atoms with Crippen molar-refractivity contribution in [3.05, 3.63) is 65.2 Å². The van der Waals surface area contributed by atoms with Gasteiger partial charge in [-0.25, -0.2) is 13.1 Å². The molecule has 0 aliphatic carbocycles. The molecule has 0 fully saturated rings. The summed E-state index contributed by atoms with van der Waals surface area (Å²) in [6.45, 7) is 1.87. The van der Waals surface area contributed by atoms with Crippen molar-refractivity contribution in [1.29, 1.82) is 0 Å². The fourth-order valence-corrected chi connectivity index (χ4v) is 3.44. The number of hydrogen-bond donors (Lipinski definition) is 1. The fourth-order valence-electron chi connectivity index (χ4n) is 2.03. The highest BCUT2D eigenvalue weighted by Crippen LogP contribution is 2.15. The Balaban J connectivity index is 1.95. The summed E-state index contributed by atoms with van der Waals surface area (Å²) in [5, 5.41) is 0.520. The number of rotatable bonds is 6. The molecule has 21 heavy (non-hydrogen) atoms. The zero-order valence-electron chi connectivity index (χ0n) is 11.8. The van der Waals surface area contributed by atoms with E-state index in [-0.39, 0.29) is 10.9 Å². The molecule has 5 heteroatoms. The van der Waals surface area contributed by atoms with Gasteiger partial charge in [0.2, 0.25) is 10.0 Å². The van der Waals surface area contributed by atoms with Crippen LogP contribution in [0, 0.1) is 0 Å². The highest BCUT2D eigenvalue weighted by atomic mass is 35.5. The molecule has 2 aromatic rings. The van der Waals surface area contributed by atoms with Gasteiger partial charge in [0.1, 0.15) is 0 Å².